The van der Waals surface area contributed by atoms with Gasteiger partial charge in [0.2, 0.25) is 0 Å². The minimum Gasteiger partial charge on any atom is -0.489 e. The predicted octanol–water partition coefficient (Wildman–Crippen LogP) is 8.45. The molecule has 0 spiro atoms. The van der Waals surface area contributed by atoms with Gasteiger partial charge in [-0.3, -0.25) is 4.79 Å². The quantitative estimate of drug-likeness (QED) is 0.188. The average Bonchev–Trinajstić information content (AvgIpc) is 2.98. The molecule has 5 heteroatoms. The van der Waals surface area contributed by atoms with Gasteiger partial charge in [0.15, 0.2) is 0 Å². The number of benzene rings is 3. The number of hydrogen-bond donors (Lipinski definition) is 2. The number of carbonyl (C=O) groups is 2. The summed E-state index contributed by atoms with van der Waals surface area (Å²) < 4.78 is 6.30. The zero-order chi connectivity index (χ0) is 28.2. The second kappa shape index (κ2) is 15.3. The van der Waals surface area contributed by atoms with Crippen molar-refractivity contribution in [1.82, 2.24) is 0 Å². The van der Waals surface area contributed by atoms with Crippen LogP contribution in [0, 0.1) is 5.92 Å². The van der Waals surface area contributed by atoms with E-state index in [1.54, 1.807) is 12.1 Å². The van der Waals surface area contributed by atoms with E-state index < -0.39 is 11.9 Å². The molecule has 0 saturated heterocycles. The van der Waals surface area contributed by atoms with E-state index in [9.17, 15) is 14.7 Å². The smallest absolute Gasteiger partial charge is 0.335 e. The maximum absolute atomic E-state index is 11.2. The second-order valence-electron chi connectivity index (χ2n) is 11.2. The summed E-state index contributed by atoms with van der Waals surface area (Å²) in [6, 6.07) is 24.3. The lowest BCUT2D eigenvalue weighted by atomic mass is 9.84. The minimum atomic E-state index is -0.923. The lowest BCUT2D eigenvalue weighted by Crippen LogP contribution is -2.08. The first-order chi connectivity index (χ1) is 19.5. The summed E-state index contributed by atoms with van der Waals surface area (Å²) in [6.07, 6.45) is 12.0. The Bertz CT molecular complexity index is 1210. The van der Waals surface area contributed by atoms with Crippen LogP contribution in [0.2, 0.25) is 0 Å². The van der Waals surface area contributed by atoms with Gasteiger partial charge in [-0.15, -0.1) is 0 Å². The number of ether oxygens (including phenoxy) is 1. The fraction of sp³-hybridized carbons (Fsp3) is 0.429. The van der Waals surface area contributed by atoms with E-state index in [2.05, 4.69) is 30.3 Å². The lowest BCUT2D eigenvalue weighted by Gasteiger charge is -2.22. The third kappa shape index (κ3) is 9.25. The Hall–Kier alpha value is -3.60. The molecule has 1 aliphatic rings. The van der Waals surface area contributed by atoms with Crippen LogP contribution in [-0.4, -0.2) is 22.2 Å². The summed E-state index contributed by atoms with van der Waals surface area (Å²) in [4.78, 5) is 22.2. The molecule has 5 nitrogen and oxygen atoms in total. The monoisotopic (exact) mass is 542 g/mol. The highest BCUT2D eigenvalue weighted by molar-refractivity contribution is 5.87. The van der Waals surface area contributed by atoms with Gasteiger partial charge in [-0.25, -0.2) is 4.79 Å². The number of hydrogen-bond acceptors (Lipinski definition) is 3. The average molecular weight is 543 g/mol. The maximum Gasteiger partial charge on any atom is 0.335 e. The van der Waals surface area contributed by atoms with Crippen molar-refractivity contribution in [3.8, 4) is 5.75 Å². The van der Waals surface area contributed by atoms with Gasteiger partial charge >= 0.3 is 11.9 Å². The first-order valence-corrected chi connectivity index (χ1v) is 14.8. The molecule has 1 fully saturated rings. The molecule has 212 valence electrons. The number of carboxylic acids is 2. The zero-order valence-corrected chi connectivity index (χ0v) is 23.4. The minimum absolute atomic E-state index is 0.193. The lowest BCUT2D eigenvalue weighted by molar-refractivity contribution is -0.137. The number of para-hydroxylation sites is 1. The molecule has 0 aromatic heterocycles. The van der Waals surface area contributed by atoms with Gasteiger partial charge < -0.3 is 14.9 Å². The summed E-state index contributed by atoms with van der Waals surface area (Å²) in [6.45, 7) is 0.538. The van der Waals surface area contributed by atoms with Crippen molar-refractivity contribution in [2.75, 3.05) is 0 Å². The van der Waals surface area contributed by atoms with E-state index in [0.717, 1.165) is 43.4 Å². The van der Waals surface area contributed by atoms with E-state index in [4.69, 9.17) is 9.84 Å². The molecule has 1 saturated carbocycles. The number of unbranched alkanes of at least 4 members (excludes halogenated alkanes) is 1. The van der Waals surface area contributed by atoms with Crippen LogP contribution in [0.25, 0.3) is 0 Å². The summed E-state index contributed by atoms with van der Waals surface area (Å²) in [5.74, 6) is 0.305. The van der Waals surface area contributed by atoms with Crippen molar-refractivity contribution >= 4 is 11.9 Å². The SMILES string of the molecule is O=C(O)CCCCC(CCc1ccccc1OCc1ccc(C2CCCCC2)cc1)Cc1ccc(C(=O)O)cc1. The molecule has 3 aromatic carbocycles. The predicted molar refractivity (Wildman–Crippen MR) is 158 cm³/mol. The first kappa shape index (κ1) is 29.4. The maximum atomic E-state index is 11.2. The third-order valence-corrected chi connectivity index (χ3v) is 8.22. The molecule has 2 N–H and O–H groups in total. The summed E-state index contributed by atoms with van der Waals surface area (Å²) >= 11 is 0. The third-order valence-electron chi connectivity index (χ3n) is 8.22. The van der Waals surface area contributed by atoms with E-state index in [1.807, 2.05) is 30.3 Å². The van der Waals surface area contributed by atoms with Crippen LogP contribution in [0.5, 0.6) is 5.75 Å². The van der Waals surface area contributed by atoms with Gasteiger partial charge in [0.05, 0.1) is 5.56 Å². The van der Waals surface area contributed by atoms with Gasteiger partial charge in [0.1, 0.15) is 12.4 Å². The fourth-order valence-corrected chi connectivity index (χ4v) is 5.87. The number of aromatic carboxylic acids is 1. The van der Waals surface area contributed by atoms with Crippen LogP contribution < -0.4 is 4.74 Å². The Labute approximate surface area is 238 Å². The topological polar surface area (TPSA) is 83.8 Å². The second-order valence-corrected chi connectivity index (χ2v) is 11.2. The summed E-state index contributed by atoms with van der Waals surface area (Å²) in [5.41, 5.74) is 5.20. The van der Waals surface area contributed by atoms with Crippen molar-refractivity contribution in [3.05, 3.63) is 101 Å². The van der Waals surface area contributed by atoms with Gasteiger partial charge in [0.25, 0.3) is 0 Å². The Balaban J connectivity index is 1.35. The molecule has 1 atom stereocenters. The van der Waals surface area contributed by atoms with Crippen molar-refractivity contribution in [2.24, 2.45) is 5.92 Å². The Kier molecular flexibility index (Phi) is 11.2. The van der Waals surface area contributed by atoms with Crippen LogP contribution in [0.1, 0.15) is 103 Å². The van der Waals surface area contributed by atoms with Gasteiger partial charge in [-0.05, 0) is 90.8 Å². The van der Waals surface area contributed by atoms with Crippen molar-refractivity contribution in [1.29, 1.82) is 0 Å². The van der Waals surface area contributed by atoms with Crippen molar-refractivity contribution in [2.45, 2.75) is 89.6 Å². The standard InChI is InChI=1S/C35H42O5/c36-34(37)13-7-4-8-26(24-27-15-22-32(23-16-27)35(38)39)14-21-31-11-5-6-12-33(31)40-25-28-17-19-30(20-18-28)29-9-2-1-3-10-29/h5-6,11-12,15-20,22-23,26,29H,1-4,7-10,13-14,21,24-25H2,(H,36,37)(H,38,39). The molecule has 0 aliphatic heterocycles. The zero-order valence-electron chi connectivity index (χ0n) is 23.4. The molecule has 1 aliphatic carbocycles. The van der Waals surface area contributed by atoms with E-state index in [-0.39, 0.29) is 12.0 Å². The molecular weight excluding hydrogens is 500 g/mol. The molecule has 40 heavy (non-hydrogen) atoms. The normalized spacial score (nSPS) is 14.5. The molecule has 0 bridgehead atoms. The largest absolute Gasteiger partial charge is 0.489 e. The van der Waals surface area contributed by atoms with Crippen LogP contribution in [-0.2, 0) is 24.2 Å². The van der Waals surface area contributed by atoms with E-state index >= 15 is 0 Å². The Morgan fingerprint density at radius 2 is 1.50 bits per heavy atom. The van der Waals surface area contributed by atoms with Gasteiger partial charge in [0, 0.05) is 6.42 Å². The number of aryl methyl sites for hydroxylation is 1. The molecular formula is C35H42O5. The molecule has 0 radical (unpaired) electrons. The van der Waals surface area contributed by atoms with Crippen molar-refractivity contribution < 1.29 is 24.5 Å². The first-order valence-electron chi connectivity index (χ1n) is 14.8. The highest BCUT2D eigenvalue weighted by Gasteiger charge is 2.16. The fourth-order valence-electron chi connectivity index (χ4n) is 5.87. The van der Waals surface area contributed by atoms with Crippen LogP contribution in [0.3, 0.4) is 0 Å². The number of rotatable bonds is 15. The van der Waals surface area contributed by atoms with Crippen LogP contribution >= 0.6 is 0 Å². The summed E-state index contributed by atoms with van der Waals surface area (Å²) in [7, 11) is 0. The molecule has 0 amide bonds. The Morgan fingerprint density at radius 1 is 0.800 bits per heavy atom. The molecule has 4 rings (SSSR count). The van der Waals surface area contributed by atoms with E-state index in [0.29, 0.717) is 24.9 Å². The number of aliphatic carboxylic acids is 1. The van der Waals surface area contributed by atoms with Crippen LogP contribution in [0.4, 0.5) is 0 Å². The molecule has 0 heterocycles. The van der Waals surface area contributed by atoms with Crippen LogP contribution in [0.15, 0.2) is 72.8 Å². The van der Waals surface area contributed by atoms with Gasteiger partial charge in [-0.1, -0.05) is 86.7 Å². The molecule has 3 aromatic rings. The molecule has 1 unspecified atom stereocenters. The van der Waals surface area contributed by atoms with E-state index in [1.165, 1.54) is 48.8 Å². The summed E-state index contributed by atoms with van der Waals surface area (Å²) in [5, 5.41) is 18.2. The van der Waals surface area contributed by atoms with Gasteiger partial charge in [-0.2, -0.15) is 0 Å². The number of carboxylic acid groups (broad SMARTS) is 2. The highest BCUT2D eigenvalue weighted by atomic mass is 16.5. The highest BCUT2D eigenvalue weighted by Crippen LogP contribution is 2.33. The Morgan fingerprint density at radius 3 is 2.20 bits per heavy atom. The van der Waals surface area contributed by atoms with Crippen molar-refractivity contribution in [3.63, 3.8) is 0 Å².